The normalized spacial score (nSPS) is 12.0. The number of halogens is 1. The average molecular weight is 321 g/mol. The predicted molar refractivity (Wildman–Crippen MR) is 92.1 cm³/mol. The minimum Gasteiger partial charge on any atom is -0.267 e. The second-order valence-electron chi connectivity index (χ2n) is 5.55. The van der Waals surface area contributed by atoms with E-state index < -0.39 is 0 Å². The van der Waals surface area contributed by atoms with Crippen molar-refractivity contribution in [2.45, 2.75) is 0 Å². The molecule has 0 saturated carbocycles. The van der Waals surface area contributed by atoms with E-state index in [9.17, 15) is 9.59 Å². The first-order valence-electron chi connectivity index (χ1n) is 7.17. The van der Waals surface area contributed by atoms with Gasteiger partial charge >= 0.3 is 0 Å². The summed E-state index contributed by atoms with van der Waals surface area (Å²) in [5.41, 5.74) is 0.687. The third-order valence-corrected chi connectivity index (χ3v) is 4.68. The molecule has 23 heavy (non-hydrogen) atoms. The number of nitrogens with zero attached hydrogens (tertiary/aromatic N) is 2. The lowest BCUT2D eigenvalue weighted by atomic mass is 10.1. The molecule has 0 radical (unpaired) electrons. The van der Waals surface area contributed by atoms with Crippen LogP contribution in [0.15, 0.2) is 64.2 Å². The summed E-state index contributed by atoms with van der Waals surface area (Å²) in [6, 6.07) is 16.7. The van der Waals surface area contributed by atoms with Crippen molar-refractivity contribution < 1.29 is 0 Å². The highest BCUT2D eigenvalue weighted by atomic mass is 35.5. The van der Waals surface area contributed by atoms with Crippen molar-refractivity contribution in [3.8, 4) is 0 Å². The van der Waals surface area contributed by atoms with E-state index in [4.69, 9.17) is 11.6 Å². The molecule has 0 aliphatic rings. The Morgan fingerprint density at radius 2 is 1.57 bits per heavy atom. The quantitative estimate of drug-likeness (QED) is 0.439. The van der Waals surface area contributed by atoms with Gasteiger partial charge in [-0.2, -0.15) is 4.52 Å². The third-order valence-electron chi connectivity index (χ3n) is 4.36. The van der Waals surface area contributed by atoms with Crippen LogP contribution in [0.5, 0.6) is 0 Å². The van der Waals surface area contributed by atoms with E-state index >= 15 is 0 Å². The van der Waals surface area contributed by atoms with E-state index in [0.717, 1.165) is 16.3 Å². The van der Waals surface area contributed by atoms with Crippen LogP contribution in [-0.4, -0.2) is 9.03 Å². The predicted octanol–water partition coefficient (Wildman–Crippen LogP) is 3.31. The summed E-state index contributed by atoms with van der Waals surface area (Å²) in [7, 11) is 0. The molecule has 0 fully saturated rings. The van der Waals surface area contributed by atoms with Crippen LogP contribution in [-0.2, 0) is 0 Å². The highest BCUT2D eigenvalue weighted by Gasteiger charge is 2.20. The fraction of sp³-hybridized carbons (Fsp3) is 0. The topological polar surface area (TPSA) is 43.0 Å². The van der Waals surface area contributed by atoms with E-state index in [1.165, 1.54) is 4.52 Å². The van der Waals surface area contributed by atoms with Crippen LogP contribution >= 0.6 is 11.6 Å². The Bertz CT molecular complexity index is 1360. The zero-order chi connectivity index (χ0) is 15.7. The molecular formula is C18H9ClN2O2. The fourth-order valence-electron chi connectivity index (χ4n) is 3.38. The van der Waals surface area contributed by atoms with Crippen LogP contribution < -0.4 is 11.1 Å². The standard InChI is InChI=1S/C18H9ClN2O2/c19-13-6-3-7-14-15(13)18(23)21-17(22)12-9-8-10-4-1-2-5-11(10)16(12)20(14)21/h1-9H. The Balaban J connectivity index is 2.27. The number of hydrogen-bond donors (Lipinski definition) is 0. The summed E-state index contributed by atoms with van der Waals surface area (Å²) >= 11 is 6.18. The minimum absolute atomic E-state index is 0.317. The Kier molecular flexibility index (Phi) is 2.27. The zero-order valence-electron chi connectivity index (χ0n) is 11.8. The maximum Gasteiger partial charge on any atom is 0.283 e. The lowest BCUT2D eigenvalue weighted by Crippen LogP contribution is -2.21. The van der Waals surface area contributed by atoms with Gasteiger partial charge in [-0.3, -0.25) is 9.59 Å². The van der Waals surface area contributed by atoms with Gasteiger partial charge in [-0.25, -0.2) is 4.52 Å². The number of benzene rings is 3. The zero-order valence-corrected chi connectivity index (χ0v) is 12.5. The molecular weight excluding hydrogens is 312 g/mol. The number of rotatable bonds is 0. The number of aromatic nitrogens is 2. The summed E-state index contributed by atoms with van der Waals surface area (Å²) in [6.07, 6.45) is 0. The van der Waals surface area contributed by atoms with E-state index in [-0.39, 0.29) is 11.1 Å². The van der Waals surface area contributed by atoms with Gasteiger partial charge < -0.3 is 0 Å². The number of hydrogen-bond acceptors (Lipinski definition) is 2. The number of fused-ring (bicyclic) bond motifs is 7. The van der Waals surface area contributed by atoms with Gasteiger partial charge in [0.05, 0.1) is 26.8 Å². The van der Waals surface area contributed by atoms with E-state index in [0.29, 0.717) is 21.3 Å². The first kappa shape index (κ1) is 12.7. The summed E-state index contributed by atoms with van der Waals surface area (Å²) < 4.78 is 2.86. The molecule has 0 bridgehead atoms. The van der Waals surface area contributed by atoms with Gasteiger partial charge in [-0.05, 0) is 23.6 Å². The molecule has 0 aliphatic heterocycles. The Hall–Kier alpha value is -2.85. The molecule has 110 valence electrons. The van der Waals surface area contributed by atoms with Gasteiger partial charge in [0, 0.05) is 5.39 Å². The van der Waals surface area contributed by atoms with Gasteiger partial charge in [0.1, 0.15) is 0 Å². The molecule has 2 heterocycles. The van der Waals surface area contributed by atoms with Crippen LogP contribution in [0.3, 0.4) is 0 Å². The smallest absolute Gasteiger partial charge is 0.267 e. The molecule has 0 atom stereocenters. The monoisotopic (exact) mass is 320 g/mol. The second-order valence-corrected chi connectivity index (χ2v) is 5.96. The summed E-state index contributed by atoms with van der Waals surface area (Å²) in [5, 5.41) is 3.21. The molecule has 0 N–H and O–H groups in total. The van der Waals surface area contributed by atoms with Crippen molar-refractivity contribution in [1.82, 2.24) is 9.03 Å². The molecule has 2 aromatic heterocycles. The van der Waals surface area contributed by atoms with Crippen molar-refractivity contribution in [2.24, 2.45) is 0 Å². The molecule has 0 aliphatic carbocycles. The molecule has 5 aromatic rings. The summed E-state index contributed by atoms with van der Waals surface area (Å²) in [6.45, 7) is 0. The van der Waals surface area contributed by atoms with Gasteiger partial charge in [0.15, 0.2) is 0 Å². The van der Waals surface area contributed by atoms with Crippen LogP contribution in [0.1, 0.15) is 0 Å². The highest BCUT2D eigenvalue weighted by Crippen LogP contribution is 2.27. The molecule has 3 aromatic carbocycles. The van der Waals surface area contributed by atoms with Gasteiger partial charge in [0.2, 0.25) is 0 Å². The Morgan fingerprint density at radius 1 is 0.739 bits per heavy atom. The molecule has 4 nitrogen and oxygen atoms in total. The lowest BCUT2D eigenvalue weighted by Gasteiger charge is -2.01. The van der Waals surface area contributed by atoms with Crippen LogP contribution in [0.4, 0.5) is 0 Å². The fourth-order valence-corrected chi connectivity index (χ4v) is 3.63. The van der Waals surface area contributed by atoms with Crippen LogP contribution in [0.2, 0.25) is 5.02 Å². The highest BCUT2D eigenvalue weighted by molar-refractivity contribution is 6.35. The average Bonchev–Trinajstić information content (AvgIpc) is 3.03. The van der Waals surface area contributed by atoms with Crippen molar-refractivity contribution in [1.29, 1.82) is 0 Å². The van der Waals surface area contributed by atoms with Crippen molar-refractivity contribution in [2.75, 3.05) is 0 Å². The molecule has 0 spiro atoms. The first-order chi connectivity index (χ1) is 11.2. The molecule has 0 saturated heterocycles. The van der Waals surface area contributed by atoms with Crippen LogP contribution in [0, 0.1) is 0 Å². The SMILES string of the molecule is O=c1c2ccc3ccccc3c2n2c3cccc(Cl)c3c(=O)n12. The maximum atomic E-state index is 12.7. The second kappa shape index (κ2) is 4.12. The first-order valence-corrected chi connectivity index (χ1v) is 7.55. The van der Waals surface area contributed by atoms with Gasteiger partial charge in [-0.15, -0.1) is 0 Å². The minimum atomic E-state index is -0.379. The largest absolute Gasteiger partial charge is 0.283 e. The maximum absolute atomic E-state index is 12.7. The summed E-state index contributed by atoms with van der Waals surface area (Å²) in [5.74, 6) is 0. The van der Waals surface area contributed by atoms with Crippen LogP contribution in [0.25, 0.3) is 32.6 Å². The van der Waals surface area contributed by atoms with Gasteiger partial charge in [0.25, 0.3) is 11.1 Å². The van der Waals surface area contributed by atoms with Crippen molar-refractivity contribution in [3.05, 3.63) is 80.3 Å². The molecule has 0 unspecified atom stereocenters. The van der Waals surface area contributed by atoms with E-state index in [1.807, 2.05) is 36.4 Å². The molecule has 0 amide bonds. The summed E-state index contributed by atoms with van der Waals surface area (Å²) in [4.78, 5) is 25.4. The molecule has 5 heteroatoms. The Labute approximate surface area is 134 Å². The van der Waals surface area contributed by atoms with E-state index in [1.54, 1.807) is 22.7 Å². The van der Waals surface area contributed by atoms with Crippen molar-refractivity contribution in [3.63, 3.8) is 0 Å². The molecule has 5 rings (SSSR count). The lowest BCUT2D eigenvalue weighted by molar-refractivity contribution is 0.842. The Morgan fingerprint density at radius 3 is 2.43 bits per heavy atom. The third kappa shape index (κ3) is 1.41. The van der Waals surface area contributed by atoms with E-state index in [2.05, 4.69) is 0 Å². The van der Waals surface area contributed by atoms with Gasteiger partial charge in [-0.1, -0.05) is 48.0 Å². The van der Waals surface area contributed by atoms with Crippen molar-refractivity contribution >= 4 is 44.2 Å².